The monoisotopic (exact) mass is 309 g/mol. The van der Waals surface area contributed by atoms with Gasteiger partial charge in [-0.05, 0) is 32.0 Å². The molecule has 0 radical (unpaired) electrons. The van der Waals surface area contributed by atoms with Crippen LogP contribution in [0.5, 0.6) is 0 Å². The minimum atomic E-state index is 0.225. The van der Waals surface area contributed by atoms with Gasteiger partial charge in [0, 0.05) is 10.0 Å². The molecule has 2 rings (SSSR count). The molecular weight excluding hydrogens is 290 g/mol. The molecule has 1 aliphatic heterocycles. The lowest BCUT2D eigenvalue weighted by atomic mass is 10.1. The molecule has 0 N–H and O–H groups in total. The fourth-order valence-electron chi connectivity index (χ4n) is 2.45. The molecule has 0 unspecified atom stereocenters. The SMILES string of the molecule is O=C(CN1CCCCCCC1)c1ccccc1Br. The molecule has 1 heterocycles. The predicted molar refractivity (Wildman–Crippen MR) is 78.0 cm³/mol. The third-order valence-corrected chi connectivity index (χ3v) is 4.18. The van der Waals surface area contributed by atoms with Gasteiger partial charge in [0.25, 0.3) is 0 Å². The summed E-state index contributed by atoms with van der Waals surface area (Å²) in [6.45, 7) is 2.69. The molecule has 1 aromatic carbocycles. The second-order valence-electron chi connectivity index (χ2n) is 4.95. The summed E-state index contributed by atoms with van der Waals surface area (Å²) in [5.41, 5.74) is 0.805. The van der Waals surface area contributed by atoms with Crippen LogP contribution < -0.4 is 0 Å². The van der Waals surface area contributed by atoms with E-state index in [-0.39, 0.29) is 5.78 Å². The quantitative estimate of drug-likeness (QED) is 0.789. The van der Waals surface area contributed by atoms with Gasteiger partial charge in [-0.1, -0.05) is 53.4 Å². The molecular formula is C15H20BrNO. The van der Waals surface area contributed by atoms with E-state index in [0.717, 1.165) is 23.1 Å². The minimum absolute atomic E-state index is 0.225. The van der Waals surface area contributed by atoms with E-state index in [9.17, 15) is 4.79 Å². The lowest BCUT2D eigenvalue weighted by molar-refractivity contribution is 0.0923. The highest BCUT2D eigenvalue weighted by Gasteiger charge is 2.15. The minimum Gasteiger partial charge on any atom is -0.296 e. The molecule has 3 heteroatoms. The Morgan fingerprint density at radius 1 is 1.06 bits per heavy atom. The van der Waals surface area contributed by atoms with E-state index in [4.69, 9.17) is 0 Å². The van der Waals surface area contributed by atoms with Gasteiger partial charge in [0.15, 0.2) is 5.78 Å². The molecule has 1 aromatic rings. The third-order valence-electron chi connectivity index (χ3n) is 3.49. The van der Waals surface area contributed by atoms with Crippen molar-refractivity contribution in [2.24, 2.45) is 0 Å². The molecule has 0 aromatic heterocycles. The molecule has 1 saturated heterocycles. The van der Waals surface area contributed by atoms with E-state index < -0.39 is 0 Å². The molecule has 0 saturated carbocycles. The van der Waals surface area contributed by atoms with Crippen molar-refractivity contribution in [3.8, 4) is 0 Å². The zero-order valence-corrected chi connectivity index (χ0v) is 12.3. The van der Waals surface area contributed by atoms with Crippen LogP contribution in [0, 0.1) is 0 Å². The van der Waals surface area contributed by atoms with Crippen molar-refractivity contribution in [1.29, 1.82) is 0 Å². The number of ketones is 1. The Hall–Kier alpha value is -0.670. The van der Waals surface area contributed by atoms with Crippen LogP contribution in [0.2, 0.25) is 0 Å². The van der Waals surface area contributed by atoms with Gasteiger partial charge >= 0.3 is 0 Å². The first-order valence-electron chi connectivity index (χ1n) is 6.77. The van der Waals surface area contributed by atoms with Crippen LogP contribution in [0.4, 0.5) is 0 Å². The molecule has 0 amide bonds. The zero-order valence-electron chi connectivity index (χ0n) is 10.7. The largest absolute Gasteiger partial charge is 0.296 e. The topological polar surface area (TPSA) is 20.3 Å². The summed E-state index contributed by atoms with van der Waals surface area (Å²) in [5, 5.41) is 0. The molecule has 0 atom stereocenters. The number of likely N-dealkylation sites (tertiary alicyclic amines) is 1. The molecule has 1 fully saturated rings. The van der Waals surface area contributed by atoms with E-state index in [0.29, 0.717) is 6.54 Å². The van der Waals surface area contributed by atoms with Gasteiger partial charge in [0.2, 0.25) is 0 Å². The van der Waals surface area contributed by atoms with E-state index in [1.165, 1.54) is 32.1 Å². The van der Waals surface area contributed by atoms with Crippen LogP contribution in [0.3, 0.4) is 0 Å². The second kappa shape index (κ2) is 7.05. The van der Waals surface area contributed by atoms with Gasteiger partial charge in [-0.3, -0.25) is 9.69 Å². The normalized spacial score (nSPS) is 18.1. The summed E-state index contributed by atoms with van der Waals surface area (Å²) in [5.74, 6) is 0.225. The van der Waals surface area contributed by atoms with E-state index in [2.05, 4.69) is 20.8 Å². The Morgan fingerprint density at radius 2 is 1.67 bits per heavy atom. The highest BCUT2D eigenvalue weighted by molar-refractivity contribution is 9.10. The van der Waals surface area contributed by atoms with Gasteiger partial charge in [0.05, 0.1) is 6.54 Å². The Bertz CT molecular complexity index is 397. The van der Waals surface area contributed by atoms with Crippen LogP contribution in [0.25, 0.3) is 0 Å². The summed E-state index contributed by atoms with van der Waals surface area (Å²) >= 11 is 3.45. The molecule has 18 heavy (non-hydrogen) atoms. The highest BCUT2D eigenvalue weighted by atomic mass is 79.9. The first kappa shape index (κ1) is 13.8. The van der Waals surface area contributed by atoms with E-state index in [1.54, 1.807) is 0 Å². The van der Waals surface area contributed by atoms with Crippen molar-refractivity contribution < 1.29 is 4.79 Å². The standard InChI is InChI=1S/C15H20BrNO/c16-14-9-5-4-8-13(14)15(18)12-17-10-6-2-1-3-7-11-17/h4-5,8-9H,1-3,6-7,10-12H2. The van der Waals surface area contributed by atoms with Crippen LogP contribution in [-0.2, 0) is 0 Å². The maximum Gasteiger partial charge on any atom is 0.177 e. The van der Waals surface area contributed by atoms with Gasteiger partial charge in [-0.15, -0.1) is 0 Å². The van der Waals surface area contributed by atoms with Crippen molar-refractivity contribution in [3.63, 3.8) is 0 Å². The number of nitrogens with zero attached hydrogens (tertiary/aromatic N) is 1. The molecule has 98 valence electrons. The smallest absolute Gasteiger partial charge is 0.177 e. The van der Waals surface area contributed by atoms with Gasteiger partial charge < -0.3 is 0 Å². The third kappa shape index (κ3) is 3.92. The first-order valence-corrected chi connectivity index (χ1v) is 7.57. The average molecular weight is 310 g/mol. The van der Waals surface area contributed by atoms with Crippen LogP contribution in [0.15, 0.2) is 28.7 Å². The van der Waals surface area contributed by atoms with Crippen molar-refractivity contribution in [2.45, 2.75) is 32.1 Å². The van der Waals surface area contributed by atoms with E-state index >= 15 is 0 Å². The Labute approximate surface area is 117 Å². The molecule has 0 spiro atoms. The molecule has 0 aliphatic carbocycles. The number of Topliss-reactive ketones (excluding diaryl/α,β-unsaturated/α-hetero) is 1. The number of benzene rings is 1. The van der Waals surface area contributed by atoms with Crippen LogP contribution in [-0.4, -0.2) is 30.3 Å². The summed E-state index contributed by atoms with van der Waals surface area (Å²) in [6, 6.07) is 7.69. The maximum absolute atomic E-state index is 12.3. The second-order valence-corrected chi connectivity index (χ2v) is 5.80. The maximum atomic E-state index is 12.3. The summed E-state index contributed by atoms with van der Waals surface area (Å²) in [6.07, 6.45) is 6.41. The number of hydrogen-bond donors (Lipinski definition) is 0. The fourth-order valence-corrected chi connectivity index (χ4v) is 2.95. The van der Waals surface area contributed by atoms with Crippen molar-refractivity contribution in [2.75, 3.05) is 19.6 Å². The van der Waals surface area contributed by atoms with Crippen molar-refractivity contribution >= 4 is 21.7 Å². The van der Waals surface area contributed by atoms with E-state index in [1.807, 2.05) is 24.3 Å². The van der Waals surface area contributed by atoms with Crippen molar-refractivity contribution in [3.05, 3.63) is 34.3 Å². The van der Waals surface area contributed by atoms with Crippen molar-refractivity contribution in [1.82, 2.24) is 4.90 Å². The zero-order chi connectivity index (χ0) is 12.8. The van der Waals surface area contributed by atoms with Crippen LogP contribution in [0.1, 0.15) is 42.5 Å². The first-order chi connectivity index (χ1) is 8.77. The molecule has 0 bridgehead atoms. The number of halogens is 1. The van der Waals surface area contributed by atoms with Gasteiger partial charge in [0.1, 0.15) is 0 Å². The fraction of sp³-hybridized carbons (Fsp3) is 0.533. The Balaban J connectivity index is 1.95. The average Bonchev–Trinajstić information content (AvgIpc) is 2.33. The number of carbonyl (C=O) groups excluding carboxylic acids is 1. The number of rotatable bonds is 3. The number of carbonyl (C=O) groups is 1. The summed E-state index contributed by atoms with van der Waals surface area (Å²) in [4.78, 5) is 14.6. The lowest BCUT2D eigenvalue weighted by Crippen LogP contribution is -2.32. The summed E-state index contributed by atoms with van der Waals surface area (Å²) in [7, 11) is 0. The predicted octanol–water partition coefficient (Wildman–Crippen LogP) is 3.90. The van der Waals surface area contributed by atoms with Crippen LogP contribution >= 0.6 is 15.9 Å². The highest BCUT2D eigenvalue weighted by Crippen LogP contribution is 2.17. The lowest BCUT2D eigenvalue weighted by Gasteiger charge is -2.23. The van der Waals surface area contributed by atoms with Gasteiger partial charge in [-0.25, -0.2) is 0 Å². The number of hydrogen-bond acceptors (Lipinski definition) is 2. The Kier molecular flexibility index (Phi) is 5.39. The van der Waals surface area contributed by atoms with Gasteiger partial charge in [-0.2, -0.15) is 0 Å². The summed E-state index contributed by atoms with van der Waals surface area (Å²) < 4.78 is 0.905. The molecule has 2 nitrogen and oxygen atoms in total. The molecule has 1 aliphatic rings. The Morgan fingerprint density at radius 3 is 2.33 bits per heavy atom.